The molecule has 2 aromatic rings. The van der Waals surface area contributed by atoms with Crippen molar-refractivity contribution < 1.29 is 9.18 Å². The number of anilines is 2. The smallest absolute Gasteiger partial charge is 0.248 e. The summed E-state index contributed by atoms with van der Waals surface area (Å²) in [6.45, 7) is 1.91. The summed E-state index contributed by atoms with van der Waals surface area (Å²) in [5.74, 6) is -1.16. The third-order valence-electron chi connectivity index (χ3n) is 3.06. The second kappa shape index (κ2) is 5.61. The molecule has 0 radical (unpaired) electrons. The lowest BCUT2D eigenvalue weighted by Crippen LogP contribution is -2.12. The Labute approximate surface area is 116 Å². The van der Waals surface area contributed by atoms with Crippen molar-refractivity contribution in [3.8, 4) is 0 Å². The molecule has 5 heteroatoms. The fraction of sp³-hybridized carbons (Fsp3) is 0.133. The summed E-state index contributed by atoms with van der Waals surface area (Å²) in [6, 6.07) is 11.4. The van der Waals surface area contributed by atoms with Crippen LogP contribution in [0.5, 0.6) is 0 Å². The molecule has 5 N–H and O–H groups in total. The SMILES string of the molecule is CC(Nc1ccc(C(N)=O)cc1F)c1ccc(N)cc1. The average molecular weight is 273 g/mol. The topological polar surface area (TPSA) is 81.1 Å². The highest BCUT2D eigenvalue weighted by Crippen LogP contribution is 2.23. The lowest BCUT2D eigenvalue weighted by Gasteiger charge is -2.16. The first-order chi connectivity index (χ1) is 9.47. The summed E-state index contributed by atoms with van der Waals surface area (Å²) in [6.07, 6.45) is 0. The van der Waals surface area contributed by atoms with Crippen LogP contribution in [-0.4, -0.2) is 5.91 Å². The minimum atomic E-state index is -0.651. The number of carbonyl (C=O) groups excluding carboxylic acids is 1. The second-order valence-corrected chi connectivity index (χ2v) is 4.59. The first kappa shape index (κ1) is 13.9. The van der Waals surface area contributed by atoms with Crippen LogP contribution >= 0.6 is 0 Å². The van der Waals surface area contributed by atoms with Crippen LogP contribution in [0, 0.1) is 5.82 Å². The maximum Gasteiger partial charge on any atom is 0.248 e. The molecule has 0 aromatic heterocycles. The van der Waals surface area contributed by atoms with E-state index in [9.17, 15) is 9.18 Å². The van der Waals surface area contributed by atoms with Crippen molar-refractivity contribution in [2.24, 2.45) is 5.73 Å². The summed E-state index contributed by atoms with van der Waals surface area (Å²) < 4.78 is 13.9. The number of primary amides is 1. The lowest BCUT2D eigenvalue weighted by molar-refractivity contribution is 0.1000. The van der Waals surface area contributed by atoms with Gasteiger partial charge in [-0.1, -0.05) is 12.1 Å². The van der Waals surface area contributed by atoms with Crippen molar-refractivity contribution in [2.45, 2.75) is 13.0 Å². The third kappa shape index (κ3) is 3.06. The molecule has 2 aromatic carbocycles. The van der Waals surface area contributed by atoms with Crippen molar-refractivity contribution >= 4 is 17.3 Å². The highest BCUT2D eigenvalue weighted by atomic mass is 19.1. The molecule has 1 amide bonds. The Morgan fingerprint density at radius 1 is 1.20 bits per heavy atom. The summed E-state index contributed by atoms with van der Waals surface area (Å²) >= 11 is 0. The van der Waals surface area contributed by atoms with E-state index in [1.807, 2.05) is 19.1 Å². The Bertz CT molecular complexity index is 626. The molecule has 104 valence electrons. The number of hydrogen-bond acceptors (Lipinski definition) is 3. The molecule has 0 aliphatic rings. The Balaban J connectivity index is 2.17. The van der Waals surface area contributed by atoms with E-state index >= 15 is 0 Å². The maximum atomic E-state index is 13.9. The number of rotatable bonds is 4. The Kier molecular flexibility index (Phi) is 3.89. The van der Waals surface area contributed by atoms with Crippen molar-refractivity contribution in [1.82, 2.24) is 0 Å². The highest BCUT2D eigenvalue weighted by Gasteiger charge is 2.10. The van der Waals surface area contributed by atoms with Gasteiger partial charge in [0.2, 0.25) is 5.91 Å². The maximum absolute atomic E-state index is 13.9. The molecule has 0 fully saturated rings. The van der Waals surface area contributed by atoms with E-state index < -0.39 is 11.7 Å². The zero-order chi connectivity index (χ0) is 14.7. The van der Waals surface area contributed by atoms with Gasteiger partial charge >= 0.3 is 0 Å². The van der Waals surface area contributed by atoms with E-state index in [0.717, 1.165) is 11.6 Å². The van der Waals surface area contributed by atoms with Crippen molar-refractivity contribution in [3.05, 3.63) is 59.4 Å². The molecule has 4 nitrogen and oxygen atoms in total. The minimum absolute atomic E-state index is 0.0930. The van der Waals surface area contributed by atoms with Gasteiger partial charge in [0.05, 0.1) is 5.69 Å². The number of nitrogens with two attached hydrogens (primary N) is 2. The molecular weight excluding hydrogens is 257 g/mol. The summed E-state index contributed by atoms with van der Waals surface area (Å²) in [5.41, 5.74) is 12.9. The highest BCUT2D eigenvalue weighted by molar-refractivity contribution is 5.93. The largest absolute Gasteiger partial charge is 0.399 e. The van der Waals surface area contributed by atoms with Gasteiger partial charge in [0, 0.05) is 17.3 Å². The standard InChI is InChI=1S/C15H16FN3O/c1-9(10-2-5-12(17)6-3-10)19-14-7-4-11(15(18)20)8-13(14)16/h2-9,19H,17H2,1H3,(H2,18,20). The zero-order valence-corrected chi connectivity index (χ0v) is 11.1. The molecule has 1 atom stereocenters. The van der Waals surface area contributed by atoms with E-state index in [4.69, 9.17) is 11.5 Å². The Morgan fingerprint density at radius 2 is 1.85 bits per heavy atom. The molecule has 0 heterocycles. The quantitative estimate of drug-likeness (QED) is 0.749. The van der Waals surface area contributed by atoms with E-state index in [1.165, 1.54) is 12.1 Å². The van der Waals surface area contributed by atoms with Crippen LogP contribution in [0.25, 0.3) is 0 Å². The van der Waals surface area contributed by atoms with Crippen LogP contribution in [0.15, 0.2) is 42.5 Å². The molecule has 0 aliphatic heterocycles. The molecule has 2 rings (SSSR count). The van der Waals surface area contributed by atoms with Gasteiger partial charge in [-0.25, -0.2) is 4.39 Å². The number of hydrogen-bond donors (Lipinski definition) is 3. The minimum Gasteiger partial charge on any atom is -0.399 e. The molecule has 0 saturated heterocycles. The molecule has 0 saturated carbocycles. The average Bonchev–Trinajstić information content (AvgIpc) is 2.41. The lowest BCUT2D eigenvalue weighted by atomic mass is 10.1. The number of nitrogens with one attached hydrogen (secondary N) is 1. The number of amides is 1. The third-order valence-corrected chi connectivity index (χ3v) is 3.06. The fourth-order valence-electron chi connectivity index (χ4n) is 1.89. The van der Waals surface area contributed by atoms with Gasteiger partial charge in [-0.2, -0.15) is 0 Å². The van der Waals surface area contributed by atoms with Gasteiger partial charge < -0.3 is 16.8 Å². The van der Waals surface area contributed by atoms with E-state index in [1.54, 1.807) is 12.1 Å². The predicted octanol–water partition coefficient (Wildman–Crippen LogP) is 2.68. The number of benzene rings is 2. The van der Waals surface area contributed by atoms with Gasteiger partial charge in [0.25, 0.3) is 0 Å². The van der Waals surface area contributed by atoms with Crippen LogP contribution < -0.4 is 16.8 Å². The number of halogens is 1. The molecule has 0 aliphatic carbocycles. The summed E-state index contributed by atoms with van der Waals surface area (Å²) in [4.78, 5) is 11.0. The van der Waals surface area contributed by atoms with Crippen molar-refractivity contribution in [1.29, 1.82) is 0 Å². The zero-order valence-electron chi connectivity index (χ0n) is 11.1. The van der Waals surface area contributed by atoms with Crippen LogP contribution in [0.3, 0.4) is 0 Å². The summed E-state index contributed by atoms with van der Waals surface area (Å²) in [5, 5.41) is 3.04. The van der Waals surface area contributed by atoms with E-state index in [2.05, 4.69) is 5.32 Å². The summed E-state index contributed by atoms with van der Waals surface area (Å²) in [7, 11) is 0. The van der Waals surface area contributed by atoms with Gasteiger partial charge in [0.1, 0.15) is 5.82 Å². The van der Waals surface area contributed by atoms with Crippen LogP contribution in [0.1, 0.15) is 28.9 Å². The number of nitrogen functional groups attached to an aromatic ring is 1. The van der Waals surface area contributed by atoms with E-state index in [-0.39, 0.29) is 11.6 Å². The molecular formula is C15H16FN3O. The van der Waals surface area contributed by atoms with Crippen LogP contribution in [-0.2, 0) is 0 Å². The normalized spacial score (nSPS) is 11.9. The number of carbonyl (C=O) groups is 1. The van der Waals surface area contributed by atoms with Crippen LogP contribution in [0.4, 0.5) is 15.8 Å². The monoisotopic (exact) mass is 273 g/mol. The molecule has 0 bridgehead atoms. The fourth-order valence-corrected chi connectivity index (χ4v) is 1.89. The molecule has 0 spiro atoms. The first-order valence-corrected chi connectivity index (χ1v) is 6.18. The Morgan fingerprint density at radius 3 is 2.40 bits per heavy atom. The van der Waals surface area contributed by atoms with Gasteiger partial charge in [-0.05, 0) is 42.8 Å². The molecule has 1 unspecified atom stereocenters. The van der Waals surface area contributed by atoms with Gasteiger partial charge in [-0.15, -0.1) is 0 Å². The first-order valence-electron chi connectivity index (χ1n) is 6.18. The van der Waals surface area contributed by atoms with Crippen LogP contribution in [0.2, 0.25) is 0 Å². The van der Waals surface area contributed by atoms with Crippen molar-refractivity contribution in [3.63, 3.8) is 0 Å². The predicted molar refractivity (Wildman–Crippen MR) is 77.8 cm³/mol. The van der Waals surface area contributed by atoms with Gasteiger partial charge in [0.15, 0.2) is 0 Å². The Hall–Kier alpha value is -2.56. The second-order valence-electron chi connectivity index (χ2n) is 4.59. The molecule has 20 heavy (non-hydrogen) atoms. The van der Waals surface area contributed by atoms with E-state index in [0.29, 0.717) is 11.4 Å². The van der Waals surface area contributed by atoms with Crippen molar-refractivity contribution in [2.75, 3.05) is 11.1 Å². The van der Waals surface area contributed by atoms with Gasteiger partial charge in [-0.3, -0.25) is 4.79 Å².